The molecule has 0 unspecified atom stereocenters. The first-order valence-electron chi connectivity index (χ1n) is 10.7. The number of carbonyl (C=O) groups is 1. The molecule has 1 aromatic heterocycles. The van der Waals surface area contributed by atoms with E-state index in [0.29, 0.717) is 11.3 Å². The number of ether oxygens (including phenoxy) is 1. The summed E-state index contributed by atoms with van der Waals surface area (Å²) in [6, 6.07) is 10.9. The first-order valence-corrected chi connectivity index (χ1v) is 11.6. The van der Waals surface area contributed by atoms with E-state index >= 15 is 0 Å². The highest BCUT2D eigenvalue weighted by atomic mass is 32.2. The van der Waals surface area contributed by atoms with Gasteiger partial charge < -0.3 is 14.6 Å². The lowest BCUT2D eigenvalue weighted by Crippen LogP contribution is -2.15. The maximum atomic E-state index is 12.6. The number of hydrogen-bond donors (Lipinski definition) is 1. The van der Waals surface area contributed by atoms with Gasteiger partial charge in [-0.15, -0.1) is 0 Å². The average Bonchev–Trinajstić information content (AvgIpc) is 3.13. The van der Waals surface area contributed by atoms with E-state index < -0.39 is 4.92 Å². The Morgan fingerprint density at radius 2 is 2.03 bits per heavy atom. The molecule has 0 fully saturated rings. The van der Waals surface area contributed by atoms with Crippen LogP contribution in [0.4, 0.5) is 11.4 Å². The number of methoxy groups -OCH3 is 1. The fraction of sp³-hybridized carbons (Fsp3) is 0.391. The Morgan fingerprint density at radius 3 is 2.75 bits per heavy atom. The summed E-state index contributed by atoms with van der Waals surface area (Å²) in [5.41, 5.74) is 2.95. The second kappa shape index (κ2) is 11.0. The van der Waals surface area contributed by atoms with Crippen molar-refractivity contribution in [3.8, 4) is 5.75 Å². The molecule has 1 heterocycles. The van der Waals surface area contributed by atoms with Crippen LogP contribution in [0.3, 0.4) is 0 Å². The molecule has 0 aliphatic rings. The number of nitro groups is 1. The number of nitrogens with zero attached hydrogens (tertiary/aromatic N) is 3. The number of anilines is 1. The Hall–Kier alpha value is -3.07. The summed E-state index contributed by atoms with van der Waals surface area (Å²) >= 11 is 1.39. The third-order valence-corrected chi connectivity index (χ3v) is 6.16. The second-order valence-corrected chi connectivity index (χ2v) is 8.47. The number of thioether (sulfide) groups is 1. The van der Waals surface area contributed by atoms with Crippen LogP contribution in [-0.4, -0.2) is 33.2 Å². The molecule has 0 aliphatic heterocycles. The van der Waals surface area contributed by atoms with Crippen LogP contribution in [0, 0.1) is 17.0 Å². The SMILES string of the molecule is CCCCCCn1c(SCC(=O)Nc2cc(OC)c([N+](=O)[O-])cc2C)nc2ccccc21. The van der Waals surface area contributed by atoms with Gasteiger partial charge in [0.1, 0.15) is 0 Å². The molecule has 0 aliphatic carbocycles. The molecule has 0 atom stereocenters. The van der Waals surface area contributed by atoms with Crippen LogP contribution < -0.4 is 10.1 Å². The Kier molecular flexibility index (Phi) is 8.10. The van der Waals surface area contributed by atoms with E-state index in [1.165, 1.54) is 43.8 Å². The largest absolute Gasteiger partial charge is 0.490 e. The van der Waals surface area contributed by atoms with Gasteiger partial charge in [0.2, 0.25) is 5.91 Å². The molecular formula is C23H28N4O4S. The van der Waals surface area contributed by atoms with E-state index in [4.69, 9.17) is 9.72 Å². The fourth-order valence-electron chi connectivity index (χ4n) is 3.51. The van der Waals surface area contributed by atoms with Crippen molar-refractivity contribution in [2.75, 3.05) is 18.2 Å². The normalized spacial score (nSPS) is 11.0. The Morgan fingerprint density at radius 1 is 1.25 bits per heavy atom. The van der Waals surface area contributed by atoms with Crippen molar-refractivity contribution in [2.24, 2.45) is 0 Å². The number of para-hydroxylation sites is 2. The lowest BCUT2D eigenvalue weighted by atomic mass is 10.1. The quantitative estimate of drug-likeness (QED) is 0.175. The molecule has 3 aromatic rings. The average molecular weight is 457 g/mol. The van der Waals surface area contributed by atoms with Crippen molar-refractivity contribution < 1.29 is 14.5 Å². The number of fused-ring (bicyclic) bond motifs is 1. The van der Waals surface area contributed by atoms with E-state index in [1.54, 1.807) is 6.92 Å². The van der Waals surface area contributed by atoms with Crippen LogP contribution in [0.25, 0.3) is 11.0 Å². The summed E-state index contributed by atoms with van der Waals surface area (Å²) in [5.74, 6) is 0.0767. The molecule has 8 nitrogen and oxygen atoms in total. The smallest absolute Gasteiger partial charge is 0.311 e. The van der Waals surface area contributed by atoms with Gasteiger partial charge in [0, 0.05) is 24.4 Å². The molecule has 0 bridgehead atoms. The van der Waals surface area contributed by atoms with E-state index in [0.717, 1.165) is 35.6 Å². The summed E-state index contributed by atoms with van der Waals surface area (Å²) in [6.45, 7) is 4.77. The first kappa shape index (κ1) is 23.6. The van der Waals surface area contributed by atoms with Crippen LogP contribution in [0.15, 0.2) is 41.6 Å². The highest BCUT2D eigenvalue weighted by molar-refractivity contribution is 7.99. The van der Waals surface area contributed by atoms with Gasteiger partial charge in [-0.05, 0) is 31.0 Å². The Balaban J connectivity index is 1.71. The summed E-state index contributed by atoms with van der Waals surface area (Å²) in [5, 5.41) is 14.8. The number of aromatic nitrogens is 2. The molecule has 9 heteroatoms. The number of amides is 1. The maximum Gasteiger partial charge on any atom is 0.311 e. The maximum absolute atomic E-state index is 12.6. The van der Waals surface area contributed by atoms with Gasteiger partial charge in [-0.25, -0.2) is 4.98 Å². The van der Waals surface area contributed by atoms with Gasteiger partial charge in [-0.3, -0.25) is 14.9 Å². The van der Waals surface area contributed by atoms with Gasteiger partial charge in [0.25, 0.3) is 0 Å². The minimum atomic E-state index is -0.502. The lowest BCUT2D eigenvalue weighted by molar-refractivity contribution is -0.385. The number of rotatable bonds is 11. The predicted molar refractivity (Wildman–Crippen MR) is 128 cm³/mol. The van der Waals surface area contributed by atoms with Crippen molar-refractivity contribution in [2.45, 2.75) is 51.2 Å². The Bertz CT molecular complexity index is 1110. The zero-order valence-corrected chi connectivity index (χ0v) is 19.4. The fourth-order valence-corrected chi connectivity index (χ4v) is 4.35. The Labute approximate surface area is 191 Å². The number of nitro benzene ring substituents is 1. The molecule has 1 N–H and O–H groups in total. The molecule has 0 radical (unpaired) electrons. The van der Waals surface area contributed by atoms with Crippen molar-refractivity contribution in [1.82, 2.24) is 9.55 Å². The third kappa shape index (κ3) is 5.59. The van der Waals surface area contributed by atoms with Crippen LogP contribution in [0.5, 0.6) is 5.75 Å². The molecule has 1 amide bonds. The van der Waals surface area contributed by atoms with Gasteiger partial charge in [0.15, 0.2) is 10.9 Å². The van der Waals surface area contributed by atoms with Crippen molar-refractivity contribution in [3.63, 3.8) is 0 Å². The van der Waals surface area contributed by atoms with Gasteiger partial charge in [-0.1, -0.05) is 50.1 Å². The van der Waals surface area contributed by atoms with E-state index in [-0.39, 0.29) is 23.1 Å². The molecule has 2 aromatic carbocycles. The lowest BCUT2D eigenvalue weighted by Gasteiger charge is -2.11. The third-order valence-electron chi connectivity index (χ3n) is 5.18. The predicted octanol–water partition coefficient (Wildman–Crippen LogP) is 5.57. The minimum absolute atomic E-state index is 0.109. The van der Waals surface area contributed by atoms with E-state index in [9.17, 15) is 14.9 Å². The zero-order valence-electron chi connectivity index (χ0n) is 18.6. The number of benzene rings is 2. The first-order chi connectivity index (χ1) is 15.4. The van der Waals surface area contributed by atoms with Crippen LogP contribution in [-0.2, 0) is 11.3 Å². The number of nitrogens with one attached hydrogen (secondary N) is 1. The number of aryl methyl sites for hydroxylation is 2. The molecule has 32 heavy (non-hydrogen) atoms. The molecule has 3 rings (SSSR count). The number of carbonyl (C=O) groups excluding carboxylic acids is 1. The molecular weight excluding hydrogens is 428 g/mol. The second-order valence-electron chi connectivity index (χ2n) is 7.53. The number of hydrogen-bond acceptors (Lipinski definition) is 6. The topological polar surface area (TPSA) is 99.3 Å². The van der Waals surface area contributed by atoms with E-state index in [1.807, 2.05) is 18.2 Å². The minimum Gasteiger partial charge on any atom is -0.490 e. The highest BCUT2D eigenvalue weighted by Crippen LogP contribution is 2.33. The van der Waals surface area contributed by atoms with Crippen molar-refractivity contribution in [1.29, 1.82) is 0 Å². The summed E-state index contributed by atoms with van der Waals surface area (Å²) < 4.78 is 7.29. The standard InChI is InChI=1S/C23H28N4O4S/c1-4-5-6-9-12-26-19-11-8-7-10-17(19)25-23(26)32-15-22(28)24-18-14-21(31-3)20(27(29)30)13-16(18)2/h7-8,10-11,13-14H,4-6,9,12,15H2,1-3H3,(H,24,28). The summed E-state index contributed by atoms with van der Waals surface area (Å²) in [4.78, 5) is 28.0. The molecule has 0 spiro atoms. The van der Waals surface area contributed by atoms with E-state index in [2.05, 4.69) is 22.9 Å². The molecule has 0 saturated carbocycles. The summed E-state index contributed by atoms with van der Waals surface area (Å²) in [7, 11) is 1.37. The van der Waals surface area contributed by atoms with Crippen LogP contribution in [0.2, 0.25) is 0 Å². The van der Waals surface area contributed by atoms with Gasteiger partial charge in [0.05, 0.1) is 28.8 Å². The molecule has 170 valence electrons. The van der Waals surface area contributed by atoms with Crippen molar-refractivity contribution >= 4 is 40.1 Å². The van der Waals surface area contributed by atoms with Gasteiger partial charge >= 0.3 is 5.69 Å². The molecule has 0 saturated heterocycles. The van der Waals surface area contributed by atoms with Crippen LogP contribution >= 0.6 is 11.8 Å². The van der Waals surface area contributed by atoms with Gasteiger partial charge in [-0.2, -0.15) is 0 Å². The highest BCUT2D eigenvalue weighted by Gasteiger charge is 2.19. The van der Waals surface area contributed by atoms with Crippen LogP contribution in [0.1, 0.15) is 38.2 Å². The summed E-state index contributed by atoms with van der Waals surface area (Å²) in [6.07, 6.45) is 4.61. The monoisotopic (exact) mass is 456 g/mol. The zero-order chi connectivity index (χ0) is 23.1. The van der Waals surface area contributed by atoms with Crippen molar-refractivity contribution in [3.05, 3.63) is 52.1 Å². The number of unbranched alkanes of at least 4 members (excludes halogenated alkanes) is 3. The number of imidazole rings is 1.